The van der Waals surface area contributed by atoms with Crippen molar-refractivity contribution in [2.45, 2.75) is 32.4 Å². The first-order valence-electron chi connectivity index (χ1n) is 9.33. The second-order valence-corrected chi connectivity index (χ2v) is 7.85. The largest absolute Gasteiger partial charge is 0.477 e. The molecule has 1 saturated heterocycles. The third-order valence-corrected chi connectivity index (χ3v) is 5.19. The van der Waals surface area contributed by atoms with Gasteiger partial charge in [-0.1, -0.05) is 0 Å². The minimum absolute atomic E-state index is 0.0550. The van der Waals surface area contributed by atoms with E-state index in [4.69, 9.17) is 9.84 Å². The highest BCUT2D eigenvalue weighted by Crippen LogP contribution is 2.29. The lowest BCUT2D eigenvalue weighted by Crippen LogP contribution is -2.48. The van der Waals surface area contributed by atoms with E-state index in [-0.39, 0.29) is 11.3 Å². The highest BCUT2D eigenvalue weighted by Gasteiger charge is 2.29. The quantitative estimate of drug-likeness (QED) is 0.812. The van der Waals surface area contributed by atoms with E-state index < -0.39 is 11.9 Å². The maximum Gasteiger partial charge on any atom is 0.354 e. The van der Waals surface area contributed by atoms with Crippen LogP contribution in [0.3, 0.4) is 0 Å². The van der Waals surface area contributed by atoms with E-state index in [1.54, 1.807) is 12.3 Å². The van der Waals surface area contributed by atoms with Gasteiger partial charge in [-0.2, -0.15) is 4.39 Å². The highest BCUT2D eigenvalue weighted by molar-refractivity contribution is 5.85. The Morgan fingerprint density at radius 2 is 2.04 bits per heavy atom. The number of carboxylic acid groups (broad SMARTS) is 1. The molecule has 0 spiro atoms. The fourth-order valence-electron chi connectivity index (χ4n) is 3.80. The molecule has 0 amide bonds. The Morgan fingerprint density at radius 3 is 2.79 bits per heavy atom. The van der Waals surface area contributed by atoms with Gasteiger partial charge < -0.3 is 19.6 Å². The van der Waals surface area contributed by atoms with Gasteiger partial charge in [-0.25, -0.2) is 14.8 Å². The molecule has 4 heterocycles. The third kappa shape index (κ3) is 3.77. The standard InChI is InChI=1S/C20H23FN4O3/c1-20(2)12-25(5-6-28-20)18-9-15(8-17(21)23-18)24-4-3-13-7-16(19(26)27)22-10-14(13)11-24/h7-10H,3-6,11-12H2,1-2H3,(H,26,27). The van der Waals surface area contributed by atoms with Crippen LogP contribution in [-0.2, 0) is 17.7 Å². The topological polar surface area (TPSA) is 78.8 Å². The Kier molecular flexibility index (Phi) is 4.66. The fourth-order valence-corrected chi connectivity index (χ4v) is 3.80. The third-order valence-electron chi connectivity index (χ3n) is 5.19. The molecule has 4 rings (SSSR count). The minimum Gasteiger partial charge on any atom is -0.477 e. The number of morpholine rings is 1. The van der Waals surface area contributed by atoms with Crippen LogP contribution >= 0.6 is 0 Å². The summed E-state index contributed by atoms with van der Waals surface area (Å²) >= 11 is 0. The van der Waals surface area contributed by atoms with Crippen LogP contribution in [0.4, 0.5) is 15.9 Å². The Morgan fingerprint density at radius 1 is 1.21 bits per heavy atom. The molecule has 2 aromatic heterocycles. The number of ether oxygens (including phenoxy) is 1. The zero-order valence-corrected chi connectivity index (χ0v) is 16.0. The fraction of sp³-hybridized carbons (Fsp3) is 0.450. The van der Waals surface area contributed by atoms with Crippen molar-refractivity contribution in [3.05, 3.63) is 47.2 Å². The number of carboxylic acids is 1. The monoisotopic (exact) mass is 386 g/mol. The Bertz CT molecular complexity index is 918. The van der Waals surface area contributed by atoms with Crippen LogP contribution in [-0.4, -0.2) is 52.9 Å². The van der Waals surface area contributed by atoms with E-state index in [9.17, 15) is 9.18 Å². The van der Waals surface area contributed by atoms with E-state index in [2.05, 4.69) is 19.8 Å². The van der Waals surface area contributed by atoms with Gasteiger partial charge in [0.2, 0.25) is 5.95 Å². The average molecular weight is 386 g/mol. The summed E-state index contributed by atoms with van der Waals surface area (Å²) < 4.78 is 20.0. The lowest BCUT2D eigenvalue weighted by atomic mass is 10.0. The summed E-state index contributed by atoms with van der Waals surface area (Å²) in [5.74, 6) is -0.932. The average Bonchev–Trinajstić information content (AvgIpc) is 2.65. The molecule has 0 bridgehead atoms. The molecule has 0 aromatic carbocycles. The maximum atomic E-state index is 14.3. The summed E-state index contributed by atoms with van der Waals surface area (Å²) in [4.78, 5) is 23.3. The van der Waals surface area contributed by atoms with Gasteiger partial charge in [0.25, 0.3) is 0 Å². The number of fused-ring (bicyclic) bond motifs is 1. The molecule has 8 heteroatoms. The van der Waals surface area contributed by atoms with Crippen LogP contribution < -0.4 is 9.80 Å². The number of hydrogen-bond donors (Lipinski definition) is 1. The summed E-state index contributed by atoms with van der Waals surface area (Å²) in [6, 6.07) is 4.98. The van der Waals surface area contributed by atoms with Crippen LogP contribution in [0.15, 0.2) is 24.4 Å². The smallest absolute Gasteiger partial charge is 0.354 e. The number of aromatic nitrogens is 2. The van der Waals surface area contributed by atoms with Crippen molar-refractivity contribution in [3.63, 3.8) is 0 Å². The van der Waals surface area contributed by atoms with Crippen LogP contribution in [0.5, 0.6) is 0 Å². The first-order valence-corrected chi connectivity index (χ1v) is 9.33. The number of pyridine rings is 2. The molecule has 7 nitrogen and oxygen atoms in total. The molecule has 28 heavy (non-hydrogen) atoms. The summed E-state index contributed by atoms with van der Waals surface area (Å²) in [7, 11) is 0. The van der Waals surface area contributed by atoms with Gasteiger partial charge in [-0.15, -0.1) is 0 Å². The van der Waals surface area contributed by atoms with Crippen molar-refractivity contribution >= 4 is 17.5 Å². The Hall–Kier alpha value is -2.74. The van der Waals surface area contributed by atoms with Crippen LogP contribution in [0.2, 0.25) is 0 Å². The molecule has 0 radical (unpaired) electrons. The minimum atomic E-state index is -1.03. The molecule has 0 saturated carbocycles. The zero-order chi connectivity index (χ0) is 19.9. The summed E-state index contributed by atoms with van der Waals surface area (Å²) in [6.45, 7) is 7.15. The molecule has 2 aliphatic heterocycles. The molecule has 148 valence electrons. The lowest BCUT2D eigenvalue weighted by molar-refractivity contribution is -0.0279. The predicted molar refractivity (Wildman–Crippen MR) is 102 cm³/mol. The molecule has 2 aromatic rings. The van der Waals surface area contributed by atoms with Crippen molar-refractivity contribution in [2.24, 2.45) is 0 Å². The first kappa shape index (κ1) is 18.6. The molecule has 0 aliphatic carbocycles. The molecule has 2 aliphatic rings. The lowest BCUT2D eigenvalue weighted by Gasteiger charge is -2.39. The summed E-state index contributed by atoms with van der Waals surface area (Å²) in [5.41, 5.74) is 2.46. The number of halogens is 1. The van der Waals surface area contributed by atoms with Crippen LogP contribution in [0.1, 0.15) is 35.5 Å². The Balaban J connectivity index is 1.58. The number of carbonyl (C=O) groups is 1. The first-order chi connectivity index (χ1) is 13.3. The second-order valence-electron chi connectivity index (χ2n) is 7.85. The van der Waals surface area contributed by atoms with E-state index >= 15 is 0 Å². The van der Waals surface area contributed by atoms with Crippen molar-refractivity contribution < 1.29 is 19.0 Å². The van der Waals surface area contributed by atoms with Crippen molar-refractivity contribution in [2.75, 3.05) is 36.0 Å². The van der Waals surface area contributed by atoms with Gasteiger partial charge in [0.1, 0.15) is 11.5 Å². The van der Waals surface area contributed by atoms with E-state index in [1.807, 2.05) is 19.9 Å². The van der Waals surface area contributed by atoms with Crippen molar-refractivity contribution in [1.82, 2.24) is 9.97 Å². The van der Waals surface area contributed by atoms with Crippen LogP contribution in [0, 0.1) is 5.95 Å². The number of rotatable bonds is 3. The molecule has 0 atom stereocenters. The number of anilines is 2. The zero-order valence-electron chi connectivity index (χ0n) is 16.0. The van der Waals surface area contributed by atoms with E-state index in [1.165, 1.54) is 6.07 Å². The van der Waals surface area contributed by atoms with Crippen LogP contribution in [0.25, 0.3) is 0 Å². The van der Waals surface area contributed by atoms with Gasteiger partial charge in [0.15, 0.2) is 0 Å². The van der Waals surface area contributed by atoms with Crippen molar-refractivity contribution in [1.29, 1.82) is 0 Å². The van der Waals surface area contributed by atoms with Gasteiger partial charge in [-0.3, -0.25) is 0 Å². The number of aromatic carboxylic acids is 1. The Labute approximate surface area is 162 Å². The molecule has 0 unspecified atom stereocenters. The predicted octanol–water partition coefficient (Wildman–Crippen LogP) is 2.49. The summed E-state index contributed by atoms with van der Waals surface area (Å²) in [6.07, 6.45) is 2.29. The van der Waals surface area contributed by atoms with Crippen molar-refractivity contribution in [3.8, 4) is 0 Å². The maximum absolute atomic E-state index is 14.3. The summed E-state index contributed by atoms with van der Waals surface area (Å²) in [5, 5.41) is 9.10. The normalized spacial score (nSPS) is 18.7. The molecular formula is C20H23FN4O3. The van der Waals surface area contributed by atoms with E-state index in [0.29, 0.717) is 45.0 Å². The SMILES string of the molecule is CC1(C)CN(c2cc(N3CCc4cc(C(=O)O)ncc4C3)cc(F)n2)CCO1. The van der Waals surface area contributed by atoms with Gasteiger partial charge in [0.05, 0.1) is 12.2 Å². The number of nitrogens with zero attached hydrogens (tertiary/aromatic N) is 4. The van der Waals surface area contributed by atoms with Gasteiger partial charge in [0, 0.05) is 50.2 Å². The van der Waals surface area contributed by atoms with Gasteiger partial charge >= 0.3 is 5.97 Å². The highest BCUT2D eigenvalue weighted by atomic mass is 19.1. The molecule has 1 fully saturated rings. The number of hydrogen-bond acceptors (Lipinski definition) is 6. The van der Waals surface area contributed by atoms with E-state index in [0.717, 1.165) is 16.8 Å². The second kappa shape index (κ2) is 7.01. The molecular weight excluding hydrogens is 363 g/mol. The molecule has 1 N–H and O–H groups in total. The van der Waals surface area contributed by atoms with Gasteiger partial charge in [-0.05, 0) is 37.5 Å².